The van der Waals surface area contributed by atoms with Crippen LogP contribution in [0.1, 0.15) is 27.0 Å². The van der Waals surface area contributed by atoms with Gasteiger partial charge in [-0.25, -0.2) is 4.79 Å². The van der Waals surface area contributed by atoms with Gasteiger partial charge in [0.2, 0.25) is 0 Å². The molecule has 0 spiro atoms. The third kappa shape index (κ3) is 3.76. The molecule has 0 bridgehead atoms. The van der Waals surface area contributed by atoms with E-state index in [-0.39, 0.29) is 10.7 Å². The molecular formula is C15H25N3O6Si. The van der Waals surface area contributed by atoms with Crippen molar-refractivity contribution in [1.29, 1.82) is 0 Å². The zero-order valence-corrected chi connectivity index (χ0v) is 16.0. The quantitative estimate of drug-likeness (QED) is 0.405. The molecule has 140 valence electrons. The maximum absolute atomic E-state index is 12.1. The molecule has 0 radical (unpaired) electrons. The number of hydrogen-bond donors (Lipinski definition) is 3. The first-order valence-electron chi connectivity index (χ1n) is 7.99. The minimum atomic E-state index is -2.31. The lowest BCUT2D eigenvalue weighted by molar-refractivity contribution is -0.0496. The van der Waals surface area contributed by atoms with Gasteiger partial charge in [-0.15, -0.1) is 0 Å². The van der Waals surface area contributed by atoms with Crippen molar-refractivity contribution in [3.8, 4) is 0 Å². The summed E-state index contributed by atoms with van der Waals surface area (Å²) in [4.78, 5) is 25.6. The van der Waals surface area contributed by atoms with Crippen molar-refractivity contribution < 1.29 is 19.5 Å². The second-order valence-electron chi connectivity index (χ2n) is 7.54. The minimum Gasteiger partial charge on any atom is -0.411 e. The van der Waals surface area contributed by atoms with Crippen LogP contribution in [0.4, 0.5) is 0 Å². The zero-order chi connectivity index (χ0) is 19.0. The summed E-state index contributed by atoms with van der Waals surface area (Å²) in [6.45, 7) is 9.76. The van der Waals surface area contributed by atoms with Crippen molar-refractivity contribution in [2.75, 3.05) is 6.61 Å². The van der Waals surface area contributed by atoms with E-state index in [1.807, 2.05) is 13.1 Å². The number of aromatic nitrogens is 2. The van der Waals surface area contributed by atoms with Gasteiger partial charge in [0.15, 0.2) is 14.5 Å². The highest BCUT2D eigenvalue weighted by molar-refractivity contribution is 6.74. The van der Waals surface area contributed by atoms with Crippen LogP contribution in [0.15, 0.2) is 27.0 Å². The molecule has 25 heavy (non-hydrogen) atoms. The van der Waals surface area contributed by atoms with Crippen molar-refractivity contribution in [1.82, 2.24) is 9.55 Å². The van der Waals surface area contributed by atoms with E-state index in [2.05, 4.69) is 30.9 Å². The van der Waals surface area contributed by atoms with E-state index < -0.39 is 44.6 Å². The Morgan fingerprint density at radius 2 is 2.04 bits per heavy atom. The number of aromatic amines is 1. The van der Waals surface area contributed by atoms with Crippen LogP contribution in [0.25, 0.3) is 0 Å². The van der Waals surface area contributed by atoms with Gasteiger partial charge in [0.1, 0.15) is 17.9 Å². The summed E-state index contributed by atoms with van der Waals surface area (Å²) in [5.74, 6) is 0. The molecule has 0 aromatic carbocycles. The number of rotatable bonds is 4. The minimum absolute atomic E-state index is 0.121. The molecule has 1 aromatic rings. The van der Waals surface area contributed by atoms with Gasteiger partial charge in [0, 0.05) is 12.3 Å². The number of nitrogens with zero attached hydrogens (tertiary/aromatic N) is 2. The fourth-order valence-corrected chi connectivity index (χ4v) is 3.57. The van der Waals surface area contributed by atoms with Gasteiger partial charge in [-0.1, -0.05) is 25.9 Å². The molecule has 1 saturated heterocycles. The Balaban J connectivity index is 2.49. The van der Waals surface area contributed by atoms with Crippen LogP contribution in [-0.4, -0.2) is 52.7 Å². The Bertz CT molecular complexity index is 764. The molecule has 2 rings (SSSR count). The van der Waals surface area contributed by atoms with Gasteiger partial charge in [-0.3, -0.25) is 14.3 Å². The third-order valence-electron chi connectivity index (χ3n) is 4.82. The lowest BCUT2D eigenvalue weighted by atomic mass is 10.1. The number of aliphatic hydroxyl groups excluding tert-OH is 1. The lowest BCUT2D eigenvalue weighted by Crippen LogP contribution is -2.48. The van der Waals surface area contributed by atoms with E-state index in [4.69, 9.17) is 9.16 Å². The van der Waals surface area contributed by atoms with Gasteiger partial charge >= 0.3 is 5.69 Å². The molecule has 0 saturated carbocycles. The molecule has 2 heterocycles. The van der Waals surface area contributed by atoms with Crippen molar-refractivity contribution in [2.45, 2.75) is 57.3 Å². The topological polar surface area (TPSA) is 126 Å². The van der Waals surface area contributed by atoms with Crippen LogP contribution in [-0.2, 0) is 9.16 Å². The van der Waals surface area contributed by atoms with Crippen molar-refractivity contribution in [3.63, 3.8) is 0 Å². The molecule has 3 atom stereocenters. The largest absolute Gasteiger partial charge is 0.411 e. The summed E-state index contributed by atoms with van der Waals surface area (Å²) in [5, 5.41) is 22.0. The Labute approximate surface area is 146 Å². The van der Waals surface area contributed by atoms with Gasteiger partial charge in [0.25, 0.3) is 5.56 Å². The second kappa shape index (κ2) is 6.87. The van der Waals surface area contributed by atoms with Crippen LogP contribution in [0.2, 0.25) is 18.1 Å². The normalized spacial score (nSPS) is 26.3. The maximum Gasteiger partial charge on any atom is 0.330 e. The monoisotopic (exact) mass is 371 g/mol. The zero-order valence-electron chi connectivity index (χ0n) is 15.0. The highest BCUT2D eigenvalue weighted by Gasteiger charge is 2.49. The van der Waals surface area contributed by atoms with E-state index in [0.29, 0.717) is 0 Å². The average Bonchev–Trinajstić information content (AvgIpc) is 2.83. The number of oxime groups is 1. The van der Waals surface area contributed by atoms with E-state index in [0.717, 1.165) is 0 Å². The Kier molecular flexibility index (Phi) is 5.37. The first kappa shape index (κ1) is 19.6. The summed E-state index contributed by atoms with van der Waals surface area (Å²) >= 11 is 0. The molecule has 3 N–H and O–H groups in total. The Hall–Kier alpha value is -1.75. The summed E-state index contributed by atoms with van der Waals surface area (Å²) < 4.78 is 13.2. The fourth-order valence-electron chi connectivity index (χ4n) is 2.35. The molecule has 9 nitrogen and oxygen atoms in total. The highest BCUT2D eigenvalue weighted by Crippen LogP contribution is 2.40. The molecule has 10 heteroatoms. The van der Waals surface area contributed by atoms with Crippen LogP contribution in [0.3, 0.4) is 0 Å². The number of ether oxygens (including phenoxy) is 1. The molecule has 0 amide bonds. The lowest BCUT2D eigenvalue weighted by Gasteiger charge is -2.39. The van der Waals surface area contributed by atoms with Gasteiger partial charge in [-0.05, 0) is 18.1 Å². The third-order valence-corrected chi connectivity index (χ3v) is 9.27. The Morgan fingerprint density at radius 3 is 2.52 bits per heavy atom. The molecule has 1 aromatic heterocycles. The van der Waals surface area contributed by atoms with Crippen LogP contribution < -0.4 is 11.2 Å². The number of H-pyrrole nitrogens is 1. The van der Waals surface area contributed by atoms with E-state index >= 15 is 0 Å². The van der Waals surface area contributed by atoms with Crippen molar-refractivity contribution in [2.24, 2.45) is 5.16 Å². The van der Waals surface area contributed by atoms with Gasteiger partial charge < -0.3 is 19.5 Å². The molecule has 0 aliphatic carbocycles. The van der Waals surface area contributed by atoms with E-state index in [1.165, 1.54) is 16.8 Å². The molecule has 1 fully saturated rings. The molecule has 1 aliphatic rings. The average molecular weight is 371 g/mol. The smallest absolute Gasteiger partial charge is 0.330 e. The van der Waals surface area contributed by atoms with Crippen molar-refractivity contribution >= 4 is 14.0 Å². The SMILES string of the molecule is CC(C)(C)[Si](C)(C)O[C@@H]1/C(=N/O)[C@@H](CO)O[C@H]1n1ccc(=O)[nH]c1=O. The predicted octanol–water partition coefficient (Wildman–Crippen LogP) is 0.647. The van der Waals surface area contributed by atoms with Gasteiger partial charge in [-0.2, -0.15) is 0 Å². The first-order valence-corrected chi connectivity index (χ1v) is 10.9. The van der Waals surface area contributed by atoms with Crippen molar-refractivity contribution in [3.05, 3.63) is 33.1 Å². The van der Waals surface area contributed by atoms with E-state index in [1.54, 1.807) is 0 Å². The predicted molar refractivity (Wildman–Crippen MR) is 93.6 cm³/mol. The number of aliphatic hydroxyl groups is 1. The molecular weight excluding hydrogens is 346 g/mol. The molecule has 0 unspecified atom stereocenters. The molecule has 1 aliphatic heterocycles. The number of nitrogens with one attached hydrogen (secondary N) is 1. The van der Waals surface area contributed by atoms with E-state index in [9.17, 15) is 19.9 Å². The summed E-state index contributed by atoms with van der Waals surface area (Å²) in [7, 11) is -2.31. The van der Waals surface area contributed by atoms with Crippen LogP contribution in [0.5, 0.6) is 0 Å². The maximum atomic E-state index is 12.1. The van der Waals surface area contributed by atoms with Crippen LogP contribution in [0, 0.1) is 0 Å². The summed E-state index contributed by atoms with van der Waals surface area (Å²) in [6.07, 6.45) is -1.42. The Morgan fingerprint density at radius 1 is 1.40 bits per heavy atom. The van der Waals surface area contributed by atoms with Crippen LogP contribution >= 0.6 is 0 Å². The second-order valence-corrected chi connectivity index (χ2v) is 12.3. The summed E-state index contributed by atoms with van der Waals surface area (Å²) in [6, 6.07) is 1.19. The number of hydrogen-bond acceptors (Lipinski definition) is 7. The first-order chi connectivity index (χ1) is 11.5. The fraction of sp³-hybridized carbons (Fsp3) is 0.667. The van der Waals surface area contributed by atoms with Gasteiger partial charge in [0.05, 0.1) is 6.61 Å². The summed E-state index contributed by atoms with van der Waals surface area (Å²) in [5.41, 5.74) is -1.08. The standard InChI is InChI=1S/C15H25N3O6Si/c1-15(2,3)25(4,5)24-12-11(17-22)9(8-19)23-13(12)18-7-6-10(20)16-14(18)21/h6-7,9,12-13,19,22H,8H2,1-5H3,(H,16,20,21)/b17-11+/t9-,12-,13-/m1/s1. The highest BCUT2D eigenvalue weighted by atomic mass is 28.4.